The van der Waals surface area contributed by atoms with Crippen LogP contribution in [0, 0.1) is 0 Å². The second kappa shape index (κ2) is 8.83. The monoisotopic (exact) mass is 473 g/mol. The lowest BCUT2D eigenvalue weighted by Gasteiger charge is -2.13. The molecule has 2 N–H and O–H groups in total. The molecule has 3 aromatic rings. The largest absolute Gasteiger partial charge is 0.494 e. The number of sulfonamides is 1. The van der Waals surface area contributed by atoms with E-state index in [0.29, 0.717) is 18.6 Å². The molecule has 168 valence electrons. The fourth-order valence-electron chi connectivity index (χ4n) is 3.53. The maximum absolute atomic E-state index is 12.8. The molecule has 0 aliphatic heterocycles. The van der Waals surface area contributed by atoms with Crippen molar-refractivity contribution in [3.05, 3.63) is 58.4 Å². The van der Waals surface area contributed by atoms with Crippen molar-refractivity contribution >= 4 is 32.4 Å². The van der Waals surface area contributed by atoms with Crippen LogP contribution in [0.1, 0.15) is 46.4 Å². The highest BCUT2D eigenvalue weighted by atomic mass is 32.2. The first-order chi connectivity index (χ1) is 15.3. The Bertz CT molecular complexity index is 1260. The molecule has 1 unspecified atom stereocenters. The summed E-state index contributed by atoms with van der Waals surface area (Å²) in [6, 6.07) is 8.22. The average molecular weight is 474 g/mol. The Morgan fingerprint density at radius 2 is 1.97 bits per heavy atom. The fraction of sp³-hybridized carbons (Fsp3) is 0.333. The lowest BCUT2D eigenvalue weighted by Crippen LogP contribution is -2.36. The minimum absolute atomic E-state index is 0.149. The van der Waals surface area contributed by atoms with Crippen LogP contribution in [0.15, 0.2) is 41.4 Å². The van der Waals surface area contributed by atoms with Crippen molar-refractivity contribution < 1.29 is 17.9 Å². The van der Waals surface area contributed by atoms with Crippen LogP contribution >= 0.6 is 11.3 Å². The predicted molar refractivity (Wildman–Crippen MR) is 121 cm³/mol. The number of amides is 1. The highest BCUT2D eigenvalue weighted by Gasteiger charge is 2.27. The molecule has 32 heavy (non-hydrogen) atoms. The summed E-state index contributed by atoms with van der Waals surface area (Å²) in [6.07, 6.45) is 2.67. The number of hydrogen-bond donors (Lipinski definition) is 2. The molecule has 0 saturated heterocycles. The van der Waals surface area contributed by atoms with E-state index in [0.717, 1.165) is 16.1 Å². The maximum atomic E-state index is 12.8. The molecule has 2 aromatic heterocycles. The predicted octanol–water partition coefficient (Wildman–Crippen LogP) is 2.76. The number of aromatic nitrogens is 3. The van der Waals surface area contributed by atoms with E-state index >= 15 is 0 Å². The average Bonchev–Trinajstić information content (AvgIpc) is 3.39. The van der Waals surface area contributed by atoms with Gasteiger partial charge in [-0.05, 0) is 48.2 Å². The molecule has 0 radical (unpaired) electrons. The SMILES string of the molecule is COc1cccnc1C(=O)NC1Cc2ccc(S(=O)(=O)Nc3nnc(C(C)C)s3)cc2C1. The van der Waals surface area contributed by atoms with E-state index in [2.05, 4.69) is 25.2 Å². The summed E-state index contributed by atoms with van der Waals surface area (Å²) in [5.41, 5.74) is 2.10. The molecule has 0 spiro atoms. The number of nitrogens with zero attached hydrogens (tertiary/aromatic N) is 3. The number of benzene rings is 1. The van der Waals surface area contributed by atoms with Crippen molar-refractivity contribution in [3.63, 3.8) is 0 Å². The van der Waals surface area contributed by atoms with Gasteiger partial charge in [-0.25, -0.2) is 13.4 Å². The number of nitrogens with one attached hydrogen (secondary N) is 2. The smallest absolute Gasteiger partial charge is 0.273 e. The fourth-order valence-corrected chi connectivity index (χ4v) is 5.55. The summed E-state index contributed by atoms with van der Waals surface area (Å²) < 4.78 is 33.4. The van der Waals surface area contributed by atoms with Crippen molar-refractivity contribution in [1.29, 1.82) is 0 Å². The molecule has 11 heteroatoms. The zero-order valence-electron chi connectivity index (χ0n) is 17.8. The number of carbonyl (C=O) groups is 1. The van der Waals surface area contributed by atoms with Gasteiger partial charge in [0.1, 0.15) is 10.8 Å². The van der Waals surface area contributed by atoms with Crippen molar-refractivity contribution in [2.24, 2.45) is 0 Å². The first-order valence-electron chi connectivity index (χ1n) is 10.0. The maximum Gasteiger partial charge on any atom is 0.273 e. The van der Waals surface area contributed by atoms with Gasteiger partial charge in [0.2, 0.25) is 5.13 Å². The molecule has 1 aromatic carbocycles. The van der Waals surface area contributed by atoms with Crippen LogP contribution in [0.3, 0.4) is 0 Å². The molecule has 4 rings (SSSR count). The van der Waals surface area contributed by atoms with Crippen LogP contribution in [0.2, 0.25) is 0 Å². The van der Waals surface area contributed by atoms with E-state index < -0.39 is 10.0 Å². The van der Waals surface area contributed by atoms with Gasteiger partial charge in [-0.1, -0.05) is 31.3 Å². The molecule has 0 saturated carbocycles. The lowest BCUT2D eigenvalue weighted by molar-refractivity contribution is 0.0930. The number of hydrogen-bond acceptors (Lipinski definition) is 8. The molecular formula is C21H23N5O4S2. The first kappa shape index (κ1) is 22.2. The minimum atomic E-state index is -3.80. The van der Waals surface area contributed by atoms with E-state index in [1.54, 1.807) is 30.3 Å². The number of rotatable bonds is 7. The molecule has 1 aliphatic rings. The van der Waals surface area contributed by atoms with Gasteiger partial charge in [0.25, 0.3) is 15.9 Å². The normalized spacial score (nSPS) is 15.4. The zero-order chi connectivity index (χ0) is 22.9. The van der Waals surface area contributed by atoms with Crippen molar-refractivity contribution in [2.75, 3.05) is 11.8 Å². The van der Waals surface area contributed by atoms with Crippen molar-refractivity contribution in [2.45, 2.75) is 43.5 Å². The summed E-state index contributed by atoms with van der Waals surface area (Å²) in [4.78, 5) is 16.9. The van der Waals surface area contributed by atoms with Gasteiger partial charge < -0.3 is 10.1 Å². The van der Waals surface area contributed by atoms with Gasteiger partial charge in [-0.15, -0.1) is 10.2 Å². The van der Waals surface area contributed by atoms with Gasteiger partial charge in [0.05, 0.1) is 12.0 Å². The summed E-state index contributed by atoms with van der Waals surface area (Å²) >= 11 is 1.22. The second-order valence-electron chi connectivity index (χ2n) is 7.77. The van der Waals surface area contributed by atoms with Crippen molar-refractivity contribution in [3.8, 4) is 5.75 Å². The number of carbonyl (C=O) groups excluding carboxylic acids is 1. The van der Waals surface area contributed by atoms with Crippen LogP contribution < -0.4 is 14.8 Å². The molecule has 1 atom stereocenters. The van der Waals surface area contributed by atoms with Crippen LogP contribution in [0.5, 0.6) is 5.75 Å². The van der Waals surface area contributed by atoms with Gasteiger partial charge in [-0.2, -0.15) is 0 Å². The van der Waals surface area contributed by atoms with E-state index in [4.69, 9.17) is 4.74 Å². The Labute approximate surface area is 190 Å². The van der Waals surface area contributed by atoms with E-state index in [-0.39, 0.29) is 33.6 Å². The third-order valence-corrected chi connectivity index (χ3v) is 7.72. The quantitative estimate of drug-likeness (QED) is 0.541. The lowest BCUT2D eigenvalue weighted by atomic mass is 10.1. The third kappa shape index (κ3) is 4.58. The van der Waals surface area contributed by atoms with E-state index in [1.807, 2.05) is 13.8 Å². The molecular weight excluding hydrogens is 450 g/mol. The summed E-state index contributed by atoms with van der Waals surface area (Å²) in [5, 5.41) is 11.9. The Morgan fingerprint density at radius 3 is 2.69 bits per heavy atom. The first-order valence-corrected chi connectivity index (χ1v) is 12.3. The van der Waals surface area contributed by atoms with Gasteiger partial charge in [-0.3, -0.25) is 9.52 Å². The molecule has 2 heterocycles. The van der Waals surface area contributed by atoms with Gasteiger partial charge in [0.15, 0.2) is 5.69 Å². The third-order valence-electron chi connectivity index (χ3n) is 5.12. The van der Waals surface area contributed by atoms with Crippen LogP contribution in [-0.4, -0.2) is 42.7 Å². The number of fused-ring (bicyclic) bond motifs is 1. The van der Waals surface area contributed by atoms with E-state index in [1.165, 1.54) is 24.6 Å². The highest BCUT2D eigenvalue weighted by Crippen LogP contribution is 2.28. The number of methoxy groups -OCH3 is 1. The minimum Gasteiger partial charge on any atom is -0.494 e. The van der Waals surface area contributed by atoms with E-state index in [9.17, 15) is 13.2 Å². The second-order valence-corrected chi connectivity index (χ2v) is 10.5. The Balaban J connectivity index is 1.46. The zero-order valence-corrected chi connectivity index (χ0v) is 19.5. The highest BCUT2D eigenvalue weighted by molar-refractivity contribution is 7.93. The van der Waals surface area contributed by atoms with Crippen LogP contribution in [0.4, 0.5) is 5.13 Å². The number of ether oxygens (including phenoxy) is 1. The number of anilines is 1. The Morgan fingerprint density at radius 1 is 1.19 bits per heavy atom. The topological polar surface area (TPSA) is 123 Å². The molecule has 0 fully saturated rings. The van der Waals surface area contributed by atoms with Gasteiger partial charge in [0, 0.05) is 18.2 Å². The molecule has 0 bridgehead atoms. The Kier molecular flexibility index (Phi) is 6.11. The summed E-state index contributed by atoms with van der Waals surface area (Å²) in [7, 11) is -2.31. The van der Waals surface area contributed by atoms with Crippen molar-refractivity contribution in [1.82, 2.24) is 20.5 Å². The van der Waals surface area contributed by atoms with Crippen LogP contribution in [-0.2, 0) is 22.9 Å². The number of pyridine rings is 1. The Hall–Kier alpha value is -3.05. The standard InChI is InChI=1S/C21H23N5O4S2/c1-12(2)20-24-25-21(31-20)26-32(28,29)16-7-6-13-9-15(10-14(13)11-16)23-19(27)18-17(30-3)5-4-8-22-18/h4-8,11-12,15H,9-10H2,1-3H3,(H,23,27)(H,25,26). The van der Waals surface area contributed by atoms with Crippen LogP contribution in [0.25, 0.3) is 0 Å². The summed E-state index contributed by atoms with van der Waals surface area (Å²) in [5.74, 6) is 0.244. The van der Waals surface area contributed by atoms with Gasteiger partial charge >= 0.3 is 0 Å². The molecule has 1 amide bonds. The summed E-state index contributed by atoms with van der Waals surface area (Å²) in [6.45, 7) is 3.94. The molecule has 9 nitrogen and oxygen atoms in total. The molecule has 1 aliphatic carbocycles.